The maximum atomic E-state index is 13.0. The lowest BCUT2D eigenvalue weighted by Gasteiger charge is -1.97. The van der Waals surface area contributed by atoms with Crippen molar-refractivity contribution in [3.05, 3.63) is 35.8 Å². The molecule has 0 aliphatic heterocycles. The summed E-state index contributed by atoms with van der Waals surface area (Å²) in [7, 11) is 1.73. The molecular formula is C11H11FN2O. The Kier molecular flexibility index (Phi) is 2.19. The van der Waals surface area contributed by atoms with Crippen molar-refractivity contribution in [3.63, 3.8) is 0 Å². The van der Waals surface area contributed by atoms with Crippen LogP contribution in [-0.2, 0) is 7.05 Å². The Balaban J connectivity index is 2.59. The molecule has 0 spiro atoms. The van der Waals surface area contributed by atoms with E-state index in [-0.39, 0.29) is 11.6 Å². The van der Waals surface area contributed by atoms with Crippen molar-refractivity contribution in [2.24, 2.45) is 7.05 Å². The summed E-state index contributed by atoms with van der Waals surface area (Å²) in [5, 5.41) is 13.9. The first-order valence-corrected chi connectivity index (χ1v) is 4.58. The SMILES string of the molecule is Cc1c(O)c(-c2cccc(F)c2)nn1C. The molecule has 0 radical (unpaired) electrons. The van der Waals surface area contributed by atoms with E-state index < -0.39 is 0 Å². The predicted octanol–water partition coefficient (Wildman–Crippen LogP) is 2.24. The lowest BCUT2D eigenvalue weighted by Crippen LogP contribution is -1.92. The van der Waals surface area contributed by atoms with Gasteiger partial charge in [-0.25, -0.2) is 4.39 Å². The maximum absolute atomic E-state index is 13.0. The van der Waals surface area contributed by atoms with Gasteiger partial charge < -0.3 is 5.11 Å². The van der Waals surface area contributed by atoms with Gasteiger partial charge in [-0.3, -0.25) is 4.68 Å². The van der Waals surface area contributed by atoms with Crippen LogP contribution in [0.1, 0.15) is 5.69 Å². The maximum Gasteiger partial charge on any atom is 0.164 e. The van der Waals surface area contributed by atoms with Gasteiger partial charge in [0.15, 0.2) is 5.75 Å². The third-order valence-corrected chi connectivity index (χ3v) is 2.40. The van der Waals surface area contributed by atoms with Crippen molar-refractivity contribution >= 4 is 0 Å². The summed E-state index contributed by atoms with van der Waals surface area (Å²) in [4.78, 5) is 0. The van der Waals surface area contributed by atoms with Gasteiger partial charge in [0.2, 0.25) is 0 Å². The summed E-state index contributed by atoms with van der Waals surface area (Å²) in [5.41, 5.74) is 1.65. The quantitative estimate of drug-likeness (QED) is 0.777. The summed E-state index contributed by atoms with van der Waals surface area (Å²) in [5.74, 6) is -0.238. The first kappa shape index (κ1) is 9.71. The van der Waals surface area contributed by atoms with E-state index in [1.165, 1.54) is 12.1 Å². The molecule has 0 atom stereocenters. The fourth-order valence-corrected chi connectivity index (χ4v) is 1.43. The zero-order valence-electron chi connectivity index (χ0n) is 8.53. The smallest absolute Gasteiger partial charge is 0.164 e. The minimum absolute atomic E-state index is 0.100. The fourth-order valence-electron chi connectivity index (χ4n) is 1.43. The number of halogens is 1. The summed E-state index contributed by atoms with van der Waals surface area (Å²) in [6.45, 7) is 1.76. The van der Waals surface area contributed by atoms with Gasteiger partial charge >= 0.3 is 0 Å². The molecule has 0 aliphatic rings. The highest BCUT2D eigenvalue weighted by molar-refractivity contribution is 5.66. The number of hydrogen-bond donors (Lipinski definition) is 1. The minimum Gasteiger partial charge on any atom is -0.504 e. The van der Waals surface area contributed by atoms with E-state index in [0.717, 1.165) is 0 Å². The van der Waals surface area contributed by atoms with Crippen molar-refractivity contribution in [3.8, 4) is 17.0 Å². The zero-order chi connectivity index (χ0) is 11.0. The Morgan fingerprint density at radius 1 is 1.40 bits per heavy atom. The van der Waals surface area contributed by atoms with Crippen LogP contribution in [0, 0.1) is 12.7 Å². The van der Waals surface area contributed by atoms with Crippen molar-refractivity contribution in [2.45, 2.75) is 6.92 Å². The molecule has 0 fully saturated rings. The van der Waals surface area contributed by atoms with Crippen LogP contribution in [0.5, 0.6) is 5.75 Å². The lowest BCUT2D eigenvalue weighted by atomic mass is 10.1. The van der Waals surface area contributed by atoms with E-state index in [1.54, 1.807) is 30.8 Å². The Hall–Kier alpha value is -1.84. The molecular weight excluding hydrogens is 195 g/mol. The number of aromatic hydroxyl groups is 1. The molecule has 2 aromatic rings. The molecule has 0 amide bonds. The molecule has 0 aliphatic carbocycles. The van der Waals surface area contributed by atoms with Gasteiger partial charge in [-0.15, -0.1) is 0 Å². The van der Waals surface area contributed by atoms with Crippen LogP contribution < -0.4 is 0 Å². The number of benzene rings is 1. The van der Waals surface area contributed by atoms with Gasteiger partial charge in [0.25, 0.3) is 0 Å². The molecule has 78 valence electrons. The third-order valence-electron chi connectivity index (χ3n) is 2.40. The Morgan fingerprint density at radius 3 is 2.67 bits per heavy atom. The molecule has 1 N–H and O–H groups in total. The number of hydrogen-bond acceptors (Lipinski definition) is 2. The van der Waals surface area contributed by atoms with Crippen molar-refractivity contribution in [2.75, 3.05) is 0 Å². The highest BCUT2D eigenvalue weighted by Crippen LogP contribution is 2.30. The molecule has 3 nitrogen and oxygen atoms in total. The number of aromatic nitrogens is 2. The second-order valence-electron chi connectivity index (χ2n) is 3.42. The van der Waals surface area contributed by atoms with Crippen LogP contribution in [0.25, 0.3) is 11.3 Å². The topological polar surface area (TPSA) is 38.1 Å². The van der Waals surface area contributed by atoms with Crippen LogP contribution in [-0.4, -0.2) is 14.9 Å². The van der Waals surface area contributed by atoms with Gasteiger partial charge in [0, 0.05) is 12.6 Å². The van der Waals surface area contributed by atoms with Crippen molar-refractivity contribution < 1.29 is 9.50 Å². The standard InChI is InChI=1S/C11H11FN2O/c1-7-11(15)10(13-14(7)2)8-4-3-5-9(12)6-8/h3-6,15H,1-2H3. The van der Waals surface area contributed by atoms with Crippen LogP contribution in [0.3, 0.4) is 0 Å². The first-order valence-electron chi connectivity index (χ1n) is 4.58. The van der Waals surface area contributed by atoms with E-state index in [1.807, 2.05) is 0 Å². The molecule has 1 heterocycles. The normalized spacial score (nSPS) is 10.6. The van der Waals surface area contributed by atoms with Crippen molar-refractivity contribution in [1.29, 1.82) is 0 Å². The van der Waals surface area contributed by atoms with Crippen LogP contribution in [0.4, 0.5) is 4.39 Å². The van der Waals surface area contributed by atoms with Gasteiger partial charge in [-0.1, -0.05) is 12.1 Å². The van der Waals surface area contributed by atoms with E-state index >= 15 is 0 Å². The Bertz CT molecular complexity index is 505. The third kappa shape index (κ3) is 1.58. The Labute approximate surface area is 86.8 Å². The van der Waals surface area contributed by atoms with Gasteiger partial charge in [0.05, 0.1) is 5.69 Å². The molecule has 15 heavy (non-hydrogen) atoms. The summed E-state index contributed by atoms with van der Waals surface area (Å²) in [6, 6.07) is 6.01. The number of nitrogens with zero attached hydrogens (tertiary/aromatic N) is 2. The second kappa shape index (κ2) is 3.38. The highest BCUT2D eigenvalue weighted by Gasteiger charge is 2.13. The number of aryl methyl sites for hydroxylation is 1. The van der Waals surface area contributed by atoms with E-state index in [4.69, 9.17) is 0 Å². The average Bonchev–Trinajstić information content (AvgIpc) is 2.46. The van der Waals surface area contributed by atoms with Gasteiger partial charge in [-0.05, 0) is 19.1 Å². The first-order chi connectivity index (χ1) is 7.09. The molecule has 1 aromatic heterocycles. The largest absolute Gasteiger partial charge is 0.504 e. The fraction of sp³-hybridized carbons (Fsp3) is 0.182. The van der Waals surface area contributed by atoms with Gasteiger partial charge in [-0.2, -0.15) is 5.10 Å². The van der Waals surface area contributed by atoms with E-state index in [0.29, 0.717) is 17.0 Å². The highest BCUT2D eigenvalue weighted by atomic mass is 19.1. The second-order valence-corrected chi connectivity index (χ2v) is 3.42. The average molecular weight is 206 g/mol. The molecule has 1 aromatic carbocycles. The van der Waals surface area contributed by atoms with Crippen LogP contribution in [0.15, 0.2) is 24.3 Å². The summed E-state index contributed by atoms with van der Waals surface area (Å²) in [6.07, 6.45) is 0. The van der Waals surface area contributed by atoms with E-state index in [2.05, 4.69) is 5.10 Å². The minimum atomic E-state index is -0.338. The van der Waals surface area contributed by atoms with Crippen molar-refractivity contribution in [1.82, 2.24) is 9.78 Å². The molecule has 0 saturated heterocycles. The predicted molar refractivity (Wildman–Crippen MR) is 55.0 cm³/mol. The van der Waals surface area contributed by atoms with Gasteiger partial charge in [0.1, 0.15) is 11.5 Å². The Morgan fingerprint density at radius 2 is 2.13 bits per heavy atom. The lowest BCUT2D eigenvalue weighted by molar-refractivity contribution is 0.471. The molecule has 0 bridgehead atoms. The summed E-state index contributed by atoms with van der Waals surface area (Å²) < 4.78 is 14.5. The molecule has 0 unspecified atom stereocenters. The monoisotopic (exact) mass is 206 g/mol. The number of rotatable bonds is 1. The summed E-state index contributed by atoms with van der Waals surface area (Å²) >= 11 is 0. The van der Waals surface area contributed by atoms with E-state index in [9.17, 15) is 9.50 Å². The van der Waals surface area contributed by atoms with Crippen LogP contribution >= 0.6 is 0 Å². The van der Waals surface area contributed by atoms with Crippen LogP contribution in [0.2, 0.25) is 0 Å². The molecule has 4 heteroatoms. The zero-order valence-corrected chi connectivity index (χ0v) is 8.53. The molecule has 0 saturated carbocycles. The molecule has 2 rings (SSSR count).